The van der Waals surface area contributed by atoms with E-state index in [0.717, 1.165) is 25.7 Å². The Balaban J connectivity index is 4.39. The van der Waals surface area contributed by atoms with Crippen molar-refractivity contribution in [2.45, 2.75) is 53.4 Å². The minimum atomic E-state index is -3.67. The third-order valence-corrected chi connectivity index (χ3v) is 8.81. The van der Waals surface area contributed by atoms with Gasteiger partial charge in [0.2, 0.25) is 0 Å². The van der Waals surface area contributed by atoms with E-state index in [-0.39, 0.29) is 0 Å². The van der Waals surface area contributed by atoms with Crippen LogP contribution in [0, 0.1) is 0 Å². The van der Waals surface area contributed by atoms with Crippen LogP contribution >= 0.6 is 0 Å². The van der Waals surface area contributed by atoms with E-state index in [1.54, 1.807) is 0 Å². The summed E-state index contributed by atoms with van der Waals surface area (Å²) in [6.07, 6.45) is 3.83. The molecule has 0 radical (unpaired) electrons. The summed E-state index contributed by atoms with van der Waals surface area (Å²) in [5.41, 5.74) is 0. The maximum absolute atomic E-state index is 5.83. The summed E-state index contributed by atoms with van der Waals surface area (Å²) in [6.45, 7) is 11.0. The Morgan fingerprint density at radius 1 is 0.529 bits per heavy atom. The van der Waals surface area contributed by atoms with Crippen LogP contribution in [-0.4, -0.2) is 48.8 Å². The molecule has 0 saturated heterocycles. The predicted molar refractivity (Wildman–Crippen MR) is 70.7 cm³/mol. The second kappa shape index (κ2) is 11.8. The monoisotopic (exact) mass is 445 g/mol. The molecule has 0 aliphatic carbocycles. The minimum absolute atomic E-state index is 0.659. The van der Waals surface area contributed by atoms with Gasteiger partial charge in [0.05, 0.1) is 0 Å². The van der Waals surface area contributed by atoms with E-state index in [1.165, 1.54) is 0 Å². The molecular weight excluding hydrogens is 417 g/mol. The first kappa shape index (κ1) is 17.7. The van der Waals surface area contributed by atoms with Crippen molar-refractivity contribution >= 4 is 22.3 Å². The summed E-state index contributed by atoms with van der Waals surface area (Å²) in [7, 11) is 0. The van der Waals surface area contributed by atoms with Crippen molar-refractivity contribution in [1.82, 2.24) is 0 Å². The Labute approximate surface area is 113 Å². The fourth-order valence-corrected chi connectivity index (χ4v) is 8.30. The zero-order valence-corrected chi connectivity index (χ0v) is 14.9. The molecule has 0 bridgehead atoms. The van der Waals surface area contributed by atoms with E-state index in [1.807, 2.05) is 0 Å². The average molecular weight is 445 g/mol. The fraction of sp³-hybridized carbons (Fsp3) is 1.00. The molecule has 0 aromatic heterocycles. The zero-order valence-electron chi connectivity index (χ0n) is 11.7. The molecule has 0 rings (SSSR count). The summed E-state index contributed by atoms with van der Waals surface area (Å²) < 4.78 is 23.3. The van der Waals surface area contributed by atoms with Crippen molar-refractivity contribution in [2.75, 3.05) is 26.4 Å². The summed E-state index contributed by atoms with van der Waals surface area (Å²) >= 11 is -3.67. The van der Waals surface area contributed by atoms with E-state index < -0.39 is 22.3 Å². The van der Waals surface area contributed by atoms with Crippen LogP contribution in [0.25, 0.3) is 0 Å². The van der Waals surface area contributed by atoms with Crippen molar-refractivity contribution in [3.05, 3.63) is 0 Å². The van der Waals surface area contributed by atoms with Gasteiger partial charge in [-0.05, 0) is 0 Å². The third kappa shape index (κ3) is 8.45. The van der Waals surface area contributed by atoms with Gasteiger partial charge in [-0.15, -0.1) is 0 Å². The molecule has 5 heteroatoms. The number of hydrogen-bond donors (Lipinski definition) is 0. The molecule has 4 nitrogen and oxygen atoms in total. The Bertz CT molecular complexity index is 129. The molecule has 0 aliphatic rings. The van der Waals surface area contributed by atoms with Crippen LogP contribution in [0.4, 0.5) is 0 Å². The van der Waals surface area contributed by atoms with Crippen molar-refractivity contribution in [3.8, 4) is 0 Å². The second-order valence-corrected chi connectivity index (χ2v) is 10.5. The zero-order chi connectivity index (χ0) is 13.0. The first-order valence-electron chi connectivity index (χ1n) is 6.65. The van der Waals surface area contributed by atoms with Gasteiger partial charge in [0.25, 0.3) is 0 Å². The van der Waals surface area contributed by atoms with Gasteiger partial charge in [0.15, 0.2) is 0 Å². The van der Waals surface area contributed by atoms with Gasteiger partial charge < -0.3 is 0 Å². The summed E-state index contributed by atoms with van der Waals surface area (Å²) in [6, 6.07) is 0. The SMILES string of the molecule is CCC[O][Po]([O]CCC)([O]CCC)[O]CCC. The molecular formula is C12H28O4Po. The van der Waals surface area contributed by atoms with Crippen LogP contribution in [0.15, 0.2) is 0 Å². The van der Waals surface area contributed by atoms with Gasteiger partial charge in [0.1, 0.15) is 0 Å². The van der Waals surface area contributed by atoms with E-state index in [4.69, 9.17) is 11.1 Å². The van der Waals surface area contributed by atoms with E-state index >= 15 is 0 Å². The molecule has 0 aromatic carbocycles. The molecule has 0 unspecified atom stereocenters. The molecule has 0 aromatic rings. The standard InChI is InChI=1S/4C3H7O.Po/c4*1-2-3-4;/h4*2-3H2,1H3;/q4*-1;+4. The van der Waals surface area contributed by atoms with Gasteiger partial charge in [-0.25, -0.2) is 0 Å². The molecule has 0 amide bonds. The maximum atomic E-state index is 5.83. The predicted octanol–water partition coefficient (Wildman–Crippen LogP) is 3.13. The number of rotatable bonds is 12. The van der Waals surface area contributed by atoms with Gasteiger partial charge >= 0.3 is 113 Å². The molecule has 17 heavy (non-hydrogen) atoms. The summed E-state index contributed by atoms with van der Waals surface area (Å²) in [4.78, 5) is 0. The van der Waals surface area contributed by atoms with Crippen LogP contribution in [0.3, 0.4) is 0 Å². The second-order valence-electron chi connectivity index (χ2n) is 3.70. The molecule has 0 N–H and O–H groups in total. The molecule has 0 spiro atoms. The normalized spacial score (nSPS) is 12.9. The molecule has 0 saturated carbocycles. The molecule has 0 fully saturated rings. The molecule has 106 valence electrons. The summed E-state index contributed by atoms with van der Waals surface area (Å²) in [5.74, 6) is 0. The van der Waals surface area contributed by atoms with Crippen molar-refractivity contribution < 1.29 is 11.1 Å². The first-order chi connectivity index (χ1) is 8.24. The van der Waals surface area contributed by atoms with E-state index in [9.17, 15) is 0 Å². The van der Waals surface area contributed by atoms with E-state index in [2.05, 4.69) is 27.7 Å². The van der Waals surface area contributed by atoms with Crippen LogP contribution in [0.5, 0.6) is 0 Å². The van der Waals surface area contributed by atoms with Crippen molar-refractivity contribution in [2.24, 2.45) is 0 Å². The van der Waals surface area contributed by atoms with Crippen molar-refractivity contribution in [3.63, 3.8) is 0 Å². The van der Waals surface area contributed by atoms with Crippen LogP contribution in [-0.2, 0) is 11.1 Å². The molecule has 0 heterocycles. The molecule has 0 atom stereocenters. The van der Waals surface area contributed by atoms with Crippen LogP contribution in [0.1, 0.15) is 53.4 Å². The fourth-order valence-electron chi connectivity index (χ4n) is 0.946. The molecule has 0 aliphatic heterocycles. The van der Waals surface area contributed by atoms with Gasteiger partial charge in [0, 0.05) is 0 Å². The Kier molecular flexibility index (Phi) is 12.3. The van der Waals surface area contributed by atoms with Crippen LogP contribution < -0.4 is 0 Å². The Hall–Kier alpha value is 0.736. The average Bonchev–Trinajstić information content (AvgIpc) is 2.37. The van der Waals surface area contributed by atoms with Gasteiger partial charge in [-0.3, -0.25) is 0 Å². The van der Waals surface area contributed by atoms with E-state index in [0.29, 0.717) is 26.4 Å². The van der Waals surface area contributed by atoms with Crippen molar-refractivity contribution in [1.29, 1.82) is 0 Å². The van der Waals surface area contributed by atoms with Crippen LogP contribution in [0.2, 0.25) is 0 Å². The summed E-state index contributed by atoms with van der Waals surface area (Å²) in [5, 5.41) is 0. The number of hydrogen-bond acceptors (Lipinski definition) is 4. The van der Waals surface area contributed by atoms with Gasteiger partial charge in [-0.1, -0.05) is 0 Å². The Morgan fingerprint density at radius 3 is 0.941 bits per heavy atom. The third-order valence-electron chi connectivity index (χ3n) is 1.73. The topological polar surface area (TPSA) is 36.9 Å². The Morgan fingerprint density at radius 2 is 0.765 bits per heavy atom. The van der Waals surface area contributed by atoms with Gasteiger partial charge in [-0.2, -0.15) is 0 Å². The quantitative estimate of drug-likeness (QED) is 0.463. The first-order valence-corrected chi connectivity index (χ1v) is 11.8.